The van der Waals surface area contributed by atoms with Crippen LogP contribution in [-0.4, -0.2) is 17.6 Å². The molecule has 2 nitrogen and oxygen atoms in total. The fraction of sp³-hybridized carbons (Fsp3) is 0.438. The van der Waals surface area contributed by atoms with Crippen LogP contribution in [0.4, 0.5) is 0 Å². The van der Waals surface area contributed by atoms with Crippen molar-refractivity contribution in [2.75, 3.05) is 6.54 Å². The van der Waals surface area contributed by atoms with E-state index >= 15 is 0 Å². The Balaban J connectivity index is 1.86. The first kappa shape index (κ1) is 14.2. The van der Waals surface area contributed by atoms with E-state index in [2.05, 4.69) is 40.1 Å². The molecule has 3 heteroatoms. The van der Waals surface area contributed by atoms with Gasteiger partial charge >= 0.3 is 0 Å². The maximum Gasteiger partial charge on any atom is 0.0299 e. The highest BCUT2D eigenvalue weighted by atomic mass is 32.1. The summed E-state index contributed by atoms with van der Waals surface area (Å²) in [7, 11) is 0. The number of aromatic nitrogens is 1. The predicted molar refractivity (Wildman–Crippen MR) is 82.7 cm³/mol. The lowest BCUT2D eigenvalue weighted by Gasteiger charge is -2.18. The molecular formula is C16H22N2S. The molecule has 19 heavy (non-hydrogen) atoms. The molecule has 0 spiro atoms. The van der Waals surface area contributed by atoms with E-state index in [0.717, 1.165) is 19.4 Å². The highest BCUT2D eigenvalue weighted by Crippen LogP contribution is 2.12. The fourth-order valence-electron chi connectivity index (χ4n) is 2.20. The first-order valence-corrected chi connectivity index (χ1v) is 7.96. The number of hydrogen-bond donors (Lipinski definition) is 1. The Bertz CT molecular complexity index is 439. The van der Waals surface area contributed by atoms with Crippen molar-refractivity contribution in [3.63, 3.8) is 0 Å². The van der Waals surface area contributed by atoms with Gasteiger partial charge in [-0.3, -0.25) is 4.98 Å². The minimum atomic E-state index is 0.565. The van der Waals surface area contributed by atoms with Crippen LogP contribution in [0, 0.1) is 0 Å². The fourth-order valence-corrected chi connectivity index (χ4v) is 2.89. The van der Waals surface area contributed by atoms with E-state index in [4.69, 9.17) is 0 Å². The molecule has 2 rings (SSSR count). The first-order chi connectivity index (χ1) is 9.38. The van der Waals surface area contributed by atoms with E-state index in [1.54, 1.807) is 11.3 Å². The Morgan fingerprint density at radius 3 is 2.95 bits per heavy atom. The highest BCUT2D eigenvalue weighted by molar-refractivity contribution is 7.07. The van der Waals surface area contributed by atoms with Crippen LogP contribution in [0.3, 0.4) is 0 Å². The van der Waals surface area contributed by atoms with Gasteiger partial charge in [-0.15, -0.1) is 0 Å². The lowest BCUT2D eigenvalue weighted by molar-refractivity contribution is 0.478. The Morgan fingerprint density at radius 1 is 1.32 bits per heavy atom. The number of thiophene rings is 1. The largest absolute Gasteiger partial charge is 0.314 e. The van der Waals surface area contributed by atoms with Crippen molar-refractivity contribution < 1.29 is 0 Å². The van der Waals surface area contributed by atoms with Gasteiger partial charge in [0.2, 0.25) is 0 Å². The number of nitrogens with one attached hydrogen (secondary N) is 1. The van der Waals surface area contributed by atoms with Crippen LogP contribution in [0.25, 0.3) is 0 Å². The van der Waals surface area contributed by atoms with E-state index in [9.17, 15) is 0 Å². The minimum Gasteiger partial charge on any atom is -0.314 e. The normalized spacial score (nSPS) is 12.5. The average molecular weight is 274 g/mol. The van der Waals surface area contributed by atoms with Gasteiger partial charge in [0.05, 0.1) is 0 Å². The Labute approximate surface area is 119 Å². The summed E-state index contributed by atoms with van der Waals surface area (Å²) in [6.07, 6.45) is 8.39. The van der Waals surface area contributed by atoms with E-state index in [1.165, 1.54) is 24.0 Å². The van der Waals surface area contributed by atoms with E-state index in [-0.39, 0.29) is 0 Å². The molecule has 0 aliphatic heterocycles. The molecule has 0 saturated heterocycles. The molecular weight excluding hydrogens is 252 g/mol. The second-order valence-electron chi connectivity index (χ2n) is 4.89. The first-order valence-electron chi connectivity index (χ1n) is 7.02. The summed E-state index contributed by atoms with van der Waals surface area (Å²) in [6.45, 7) is 3.32. The molecule has 1 atom stereocenters. The van der Waals surface area contributed by atoms with Crippen molar-refractivity contribution in [1.29, 1.82) is 0 Å². The lowest BCUT2D eigenvalue weighted by atomic mass is 10.0. The number of hydrogen-bond acceptors (Lipinski definition) is 3. The van der Waals surface area contributed by atoms with Crippen LogP contribution in [0.1, 0.15) is 30.9 Å². The smallest absolute Gasteiger partial charge is 0.0299 e. The standard InChI is InChI=1S/C16H22N2S/c1-2-8-18-16(11-15-7-10-19-13-15)6-5-14-4-3-9-17-12-14/h3-4,7,9-10,12-13,16,18H,2,5-6,8,11H2,1H3. The van der Waals surface area contributed by atoms with Gasteiger partial charge < -0.3 is 5.32 Å². The third-order valence-electron chi connectivity index (χ3n) is 3.25. The molecule has 2 heterocycles. The molecule has 102 valence electrons. The van der Waals surface area contributed by atoms with E-state index in [1.807, 2.05) is 18.5 Å². The molecule has 0 bridgehead atoms. The van der Waals surface area contributed by atoms with Crippen LogP contribution in [0.15, 0.2) is 41.4 Å². The van der Waals surface area contributed by atoms with Crippen molar-refractivity contribution in [1.82, 2.24) is 10.3 Å². The number of nitrogens with zero attached hydrogens (tertiary/aromatic N) is 1. The average Bonchev–Trinajstić information content (AvgIpc) is 2.96. The molecule has 0 aromatic carbocycles. The van der Waals surface area contributed by atoms with Gasteiger partial charge in [-0.2, -0.15) is 11.3 Å². The second-order valence-corrected chi connectivity index (χ2v) is 5.67. The Kier molecular flexibility index (Phi) is 6.05. The zero-order valence-electron chi connectivity index (χ0n) is 11.5. The van der Waals surface area contributed by atoms with Crippen LogP contribution < -0.4 is 5.32 Å². The highest BCUT2D eigenvalue weighted by Gasteiger charge is 2.09. The zero-order chi connectivity index (χ0) is 13.3. The van der Waals surface area contributed by atoms with Gasteiger partial charge in [0.15, 0.2) is 0 Å². The zero-order valence-corrected chi connectivity index (χ0v) is 12.3. The quantitative estimate of drug-likeness (QED) is 0.794. The predicted octanol–water partition coefficient (Wildman–Crippen LogP) is 3.69. The number of rotatable bonds is 8. The summed E-state index contributed by atoms with van der Waals surface area (Å²) in [4.78, 5) is 4.18. The number of pyridine rings is 1. The molecule has 0 aliphatic rings. The van der Waals surface area contributed by atoms with Gasteiger partial charge in [0.25, 0.3) is 0 Å². The topological polar surface area (TPSA) is 24.9 Å². The van der Waals surface area contributed by atoms with Crippen LogP contribution in [-0.2, 0) is 12.8 Å². The molecule has 0 amide bonds. The van der Waals surface area contributed by atoms with Crippen molar-refractivity contribution >= 4 is 11.3 Å². The third-order valence-corrected chi connectivity index (χ3v) is 3.98. The third kappa shape index (κ3) is 5.13. The van der Waals surface area contributed by atoms with Crippen LogP contribution in [0.2, 0.25) is 0 Å². The van der Waals surface area contributed by atoms with Crippen molar-refractivity contribution in [3.05, 3.63) is 52.5 Å². The summed E-state index contributed by atoms with van der Waals surface area (Å²) < 4.78 is 0. The number of aryl methyl sites for hydroxylation is 1. The Hall–Kier alpha value is -1.19. The van der Waals surface area contributed by atoms with E-state index in [0.29, 0.717) is 6.04 Å². The lowest BCUT2D eigenvalue weighted by Crippen LogP contribution is -2.32. The second kappa shape index (κ2) is 8.08. The van der Waals surface area contributed by atoms with Crippen molar-refractivity contribution in [3.8, 4) is 0 Å². The summed E-state index contributed by atoms with van der Waals surface area (Å²) in [5, 5.41) is 8.08. The molecule has 0 radical (unpaired) electrons. The van der Waals surface area contributed by atoms with Crippen molar-refractivity contribution in [2.45, 2.75) is 38.6 Å². The van der Waals surface area contributed by atoms with Gasteiger partial charge in [-0.05, 0) is 66.2 Å². The van der Waals surface area contributed by atoms with Crippen LogP contribution >= 0.6 is 11.3 Å². The summed E-state index contributed by atoms with van der Waals surface area (Å²) in [5.41, 5.74) is 2.78. The summed E-state index contributed by atoms with van der Waals surface area (Å²) in [5.74, 6) is 0. The summed E-state index contributed by atoms with van der Waals surface area (Å²) >= 11 is 1.78. The molecule has 1 unspecified atom stereocenters. The van der Waals surface area contributed by atoms with Crippen LogP contribution in [0.5, 0.6) is 0 Å². The minimum absolute atomic E-state index is 0.565. The molecule has 0 fully saturated rings. The van der Waals surface area contributed by atoms with E-state index < -0.39 is 0 Å². The molecule has 2 aromatic rings. The Morgan fingerprint density at radius 2 is 2.26 bits per heavy atom. The van der Waals surface area contributed by atoms with Crippen molar-refractivity contribution in [2.24, 2.45) is 0 Å². The monoisotopic (exact) mass is 274 g/mol. The molecule has 0 aliphatic carbocycles. The maximum atomic E-state index is 4.18. The maximum absolute atomic E-state index is 4.18. The van der Waals surface area contributed by atoms with Gasteiger partial charge in [0.1, 0.15) is 0 Å². The molecule has 2 aromatic heterocycles. The van der Waals surface area contributed by atoms with Gasteiger partial charge in [-0.1, -0.05) is 13.0 Å². The summed E-state index contributed by atoms with van der Waals surface area (Å²) in [6, 6.07) is 6.97. The molecule has 1 N–H and O–H groups in total. The van der Waals surface area contributed by atoms with Gasteiger partial charge in [-0.25, -0.2) is 0 Å². The molecule has 0 saturated carbocycles. The SMILES string of the molecule is CCCNC(CCc1cccnc1)Cc1ccsc1. The van der Waals surface area contributed by atoms with Gasteiger partial charge in [0, 0.05) is 18.4 Å².